The van der Waals surface area contributed by atoms with Crippen LogP contribution in [-0.4, -0.2) is 13.4 Å². The largest absolute Gasteiger partial charge is 0.435 e. The van der Waals surface area contributed by atoms with Gasteiger partial charge < -0.3 is 4.74 Å². The lowest BCUT2D eigenvalue weighted by molar-refractivity contribution is 0.420. The number of ether oxygens (including phenoxy) is 1. The van der Waals surface area contributed by atoms with Crippen LogP contribution in [0.1, 0.15) is 0 Å². The molecule has 2 rings (SSSR count). The molecule has 20 heavy (non-hydrogen) atoms. The fourth-order valence-electron chi connectivity index (χ4n) is 1.30. The van der Waals surface area contributed by atoms with Gasteiger partial charge in [0.15, 0.2) is 11.6 Å². The third-order valence-corrected chi connectivity index (χ3v) is 3.66. The first-order chi connectivity index (χ1) is 9.27. The minimum Gasteiger partial charge on any atom is -0.435 e. The van der Waals surface area contributed by atoms with Crippen molar-refractivity contribution in [3.63, 3.8) is 0 Å². The number of rotatable bonds is 3. The smallest absolute Gasteiger partial charge is 0.239 e. The lowest BCUT2D eigenvalue weighted by Crippen LogP contribution is -2.12. The minimum atomic E-state index is -3.90. The standard InChI is InChI=1S/C11H7BrF2N2O3S/c12-8-4-7(20(15,17)18)5-16-11(8)19-10-2-1-6(13)3-9(10)14/h1-5H,(H2,15,17,18). The summed E-state index contributed by atoms with van der Waals surface area (Å²) < 4.78 is 53.7. The van der Waals surface area contributed by atoms with Crippen LogP contribution in [0.5, 0.6) is 11.6 Å². The molecule has 1 aromatic carbocycles. The summed E-state index contributed by atoms with van der Waals surface area (Å²) in [4.78, 5) is 3.49. The van der Waals surface area contributed by atoms with E-state index in [9.17, 15) is 17.2 Å². The van der Waals surface area contributed by atoms with Crippen molar-refractivity contribution in [2.75, 3.05) is 0 Å². The molecule has 0 spiro atoms. The predicted octanol–water partition coefficient (Wildman–Crippen LogP) is 2.56. The molecule has 0 amide bonds. The van der Waals surface area contributed by atoms with E-state index in [0.29, 0.717) is 6.07 Å². The van der Waals surface area contributed by atoms with Gasteiger partial charge in [0.2, 0.25) is 15.9 Å². The summed E-state index contributed by atoms with van der Waals surface area (Å²) in [6.07, 6.45) is 0.969. The van der Waals surface area contributed by atoms with Gasteiger partial charge >= 0.3 is 0 Å². The Morgan fingerprint density at radius 2 is 1.95 bits per heavy atom. The Kier molecular flexibility index (Phi) is 4.02. The Morgan fingerprint density at radius 3 is 2.50 bits per heavy atom. The first-order valence-electron chi connectivity index (χ1n) is 5.08. The lowest BCUT2D eigenvalue weighted by atomic mass is 10.3. The number of aromatic nitrogens is 1. The minimum absolute atomic E-state index is 0.0806. The van der Waals surface area contributed by atoms with Crippen molar-refractivity contribution in [1.82, 2.24) is 4.98 Å². The SMILES string of the molecule is NS(=O)(=O)c1cnc(Oc2ccc(F)cc2F)c(Br)c1. The van der Waals surface area contributed by atoms with Gasteiger partial charge in [0.25, 0.3) is 0 Å². The molecule has 0 aliphatic heterocycles. The summed E-state index contributed by atoms with van der Waals surface area (Å²) in [5, 5.41) is 4.94. The molecule has 0 radical (unpaired) electrons. The van der Waals surface area contributed by atoms with Crippen molar-refractivity contribution >= 4 is 26.0 Å². The monoisotopic (exact) mass is 364 g/mol. The summed E-state index contributed by atoms with van der Waals surface area (Å²) in [5.74, 6) is -1.98. The summed E-state index contributed by atoms with van der Waals surface area (Å²) in [5.41, 5.74) is 0. The van der Waals surface area contributed by atoms with E-state index in [-0.39, 0.29) is 21.0 Å². The molecule has 2 aromatic rings. The molecular weight excluding hydrogens is 358 g/mol. The van der Waals surface area contributed by atoms with Crippen molar-refractivity contribution in [3.8, 4) is 11.6 Å². The summed E-state index contributed by atoms with van der Waals surface area (Å²) in [6, 6.07) is 3.93. The van der Waals surface area contributed by atoms with Crippen LogP contribution >= 0.6 is 15.9 Å². The number of halogens is 3. The number of sulfonamides is 1. The van der Waals surface area contributed by atoms with Gasteiger partial charge in [-0.15, -0.1) is 0 Å². The predicted molar refractivity (Wildman–Crippen MR) is 69.7 cm³/mol. The van der Waals surface area contributed by atoms with E-state index in [2.05, 4.69) is 20.9 Å². The van der Waals surface area contributed by atoms with Crippen molar-refractivity contribution in [2.45, 2.75) is 4.90 Å². The zero-order chi connectivity index (χ0) is 14.9. The fraction of sp³-hybridized carbons (Fsp3) is 0. The molecule has 1 aromatic heterocycles. The van der Waals surface area contributed by atoms with Gasteiger partial charge in [-0.25, -0.2) is 27.3 Å². The number of nitrogens with zero attached hydrogens (tertiary/aromatic N) is 1. The van der Waals surface area contributed by atoms with Crippen LogP contribution in [0.3, 0.4) is 0 Å². The van der Waals surface area contributed by atoms with Crippen LogP contribution in [0.4, 0.5) is 8.78 Å². The molecule has 9 heteroatoms. The second-order valence-corrected chi connectivity index (χ2v) is 6.10. The Morgan fingerprint density at radius 1 is 1.25 bits per heavy atom. The maximum Gasteiger partial charge on any atom is 0.239 e. The van der Waals surface area contributed by atoms with Crippen LogP contribution in [0, 0.1) is 11.6 Å². The number of hydrogen-bond donors (Lipinski definition) is 1. The first-order valence-corrected chi connectivity index (χ1v) is 7.42. The van der Waals surface area contributed by atoms with E-state index in [4.69, 9.17) is 9.88 Å². The highest BCUT2D eigenvalue weighted by Crippen LogP contribution is 2.30. The van der Waals surface area contributed by atoms with E-state index < -0.39 is 21.7 Å². The zero-order valence-electron chi connectivity index (χ0n) is 9.68. The number of hydrogen-bond acceptors (Lipinski definition) is 4. The van der Waals surface area contributed by atoms with Crippen molar-refractivity contribution in [1.29, 1.82) is 0 Å². The average Bonchev–Trinajstić information content (AvgIpc) is 2.33. The molecule has 2 N–H and O–H groups in total. The maximum absolute atomic E-state index is 13.4. The first kappa shape index (κ1) is 14.8. The molecule has 0 fully saturated rings. The second kappa shape index (κ2) is 5.43. The molecule has 106 valence electrons. The second-order valence-electron chi connectivity index (χ2n) is 3.68. The van der Waals surface area contributed by atoms with Crippen molar-refractivity contribution < 1.29 is 21.9 Å². The Bertz CT molecular complexity index is 768. The summed E-state index contributed by atoms with van der Waals surface area (Å²) >= 11 is 3.03. The van der Waals surface area contributed by atoms with Gasteiger partial charge in [-0.05, 0) is 34.1 Å². The van der Waals surface area contributed by atoms with Gasteiger partial charge in [-0.2, -0.15) is 0 Å². The van der Waals surface area contributed by atoms with Crippen LogP contribution in [0.2, 0.25) is 0 Å². The van der Waals surface area contributed by atoms with E-state index in [0.717, 1.165) is 18.3 Å². The topological polar surface area (TPSA) is 82.3 Å². The normalized spacial score (nSPS) is 11.4. The maximum atomic E-state index is 13.4. The molecule has 0 saturated carbocycles. The molecule has 5 nitrogen and oxygen atoms in total. The van der Waals surface area contributed by atoms with Crippen LogP contribution in [0.25, 0.3) is 0 Å². The van der Waals surface area contributed by atoms with Gasteiger partial charge in [-0.3, -0.25) is 0 Å². The number of primary sulfonamides is 1. The third kappa shape index (κ3) is 3.30. The molecular formula is C11H7BrF2N2O3S. The van der Waals surface area contributed by atoms with Gasteiger partial charge in [-0.1, -0.05) is 0 Å². The van der Waals surface area contributed by atoms with E-state index in [1.54, 1.807) is 0 Å². The Balaban J connectivity index is 2.35. The summed E-state index contributed by atoms with van der Waals surface area (Å²) in [7, 11) is -3.90. The molecule has 0 aliphatic carbocycles. The average molecular weight is 365 g/mol. The molecule has 0 atom stereocenters. The van der Waals surface area contributed by atoms with Crippen molar-refractivity contribution in [3.05, 3.63) is 46.6 Å². The highest BCUT2D eigenvalue weighted by atomic mass is 79.9. The van der Waals surface area contributed by atoms with Crippen LogP contribution in [-0.2, 0) is 10.0 Å². The Hall–Kier alpha value is -1.58. The number of benzene rings is 1. The summed E-state index contributed by atoms with van der Waals surface area (Å²) in [6.45, 7) is 0. The quantitative estimate of drug-likeness (QED) is 0.907. The molecule has 0 bridgehead atoms. The van der Waals surface area contributed by atoms with E-state index in [1.165, 1.54) is 6.07 Å². The van der Waals surface area contributed by atoms with E-state index >= 15 is 0 Å². The number of pyridine rings is 1. The fourth-order valence-corrected chi connectivity index (χ4v) is 2.36. The van der Waals surface area contributed by atoms with Crippen LogP contribution in [0.15, 0.2) is 39.8 Å². The highest BCUT2D eigenvalue weighted by Gasteiger charge is 2.14. The van der Waals surface area contributed by atoms with Crippen LogP contribution < -0.4 is 9.88 Å². The third-order valence-electron chi connectivity index (χ3n) is 2.21. The molecule has 1 heterocycles. The highest BCUT2D eigenvalue weighted by molar-refractivity contribution is 9.10. The van der Waals surface area contributed by atoms with Gasteiger partial charge in [0.05, 0.1) is 10.7 Å². The van der Waals surface area contributed by atoms with E-state index in [1.807, 2.05) is 0 Å². The van der Waals surface area contributed by atoms with Gasteiger partial charge in [0.1, 0.15) is 10.7 Å². The van der Waals surface area contributed by atoms with Gasteiger partial charge in [0, 0.05) is 6.07 Å². The molecule has 0 unspecified atom stereocenters. The van der Waals surface area contributed by atoms with Crippen molar-refractivity contribution in [2.24, 2.45) is 5.14 Å². The molecule has 0 saturated heterocycles. The Labute approximate surface area is 121 Å². The zero-order valence-corrected chi connectivity index (χ0v) is 12.1. The molecule has 0 aliphatic rings. The lowest BCUT2D eigenvalue weighted by Gasteiger charge is -2.08. The number of nitrogens with two attached hydrogens (primary N) is 1.